The molecule has 0 aromatic carbocycles. The van der Waals surface area contributed by atoms with Crippen molar-refractivity contribution in [3.05, 3.63) is 0 Å². The monoisotopic (exact) mass is 126 g/mol. The van der Waals surface area contributed by atoms with Crippen LogP contribution >= 0.6 is 0 Å². The van der Waals surface area contributed by atoms with Crippen LogP contribution in [0.5, 0.6) is 0 Å². The van der Waals surface area contributed by atoms with Crippen LogP contribution in [0.4, 0.5) is 0 Å². The van der Waals surface area contributed by atoms with Gasteiger partial charge in [-0.25, -0.2) is 0 Å². The van der Waals surface area contributed by atoms with Crippen molar-refractivity contribution >= 4 is 24.7 Å². The fourth-order valence-corrected chi connectivity index (χ4v) is 0.316. The Balaban J connectivity index is 4.66. The first-order chi connectivity index (χ1) is 2.77. The molecule has 6 heavy (non-hydrogen) atoms. The molecule has 0 atom stereocenters. The summed E-state index contributed by atoms with van der Waals surface area (Å²) >= 11 is 0. The summed E-state index contributed by atoms with van der Waals surface area (Å²) in [4.78, 5) is 0. The second kappa shape index (κ2) is 3.08. The lowest BCUT2D eigenvalue weighted by atomic mass is 11.8. The van der Waals surface area contributed by atoms with Gasteiger partial charge in [-0.1, -0.05) is 0 Å². The predicted octanol–water partition coefficient (Wildman–Crippen LogP) is -0.819. The molecule has 5 heteroatoms. The smallest absolute Gasteiger partial charge is 0.275 e. The largest absolute Gasteiger partial charge is 0.357 e. The van der Waals surface area contributed by atoms with Gasteiger partial charge < -0.3 is 5.11 Å². The third kappa shape index (κ3) is 3.87. The van der Waals surface area contributed by atoms with Gasteiger partial charge in [0, 0.05) is 9.91 Å². The number of rotatable bonds is 0. The van der Waals surface area contributed by atoms with E-state index in [1.165, 1.54) is 0 Å². The molecule has 0 saturated carbocycles. The van der Waals surface area contributed by atoms with E-state index >= 15 is 0 Å². The third-order valence-corrected chi connectivity index (χ3v) is 1.09. The Bertz CT molecular complexity index is 161. The van der Waals surface area contributed by atoms with Crippen LogP contribution in [0.25, 0.3) is 0 Å². The lowest BCUT2D eigenvalue weighted by Crippen LogP contribution is -1.58. The molecule has 0 spiro atoms. The van der Waals surface area contributed by atoms with Crippen LogP contribution in [0.3, 0.4) is 0 Å². The van der Waals surface area contributed by atoms with Gasteiger partial charge in [-0.05, 0) is 0 Å². The van der Waals surface area contributed by atoms with E-state index < -0.39 is 9.26 Å². The molecule has 0 aromatic heterocycles. The number of aliphatic hydroxyl groups is 1. The first-order valence-corrected chi connectivity index (χ1v) is 3.47. The fraction of sp³-hybridized carbons (Fsp3) is 0. The van der Waals surface area contributed by atoms with E-state index in [-0.39, 0.29) is 0 Å². The lowest BCUT2D eigenvalue weighted by molar-refractivity contribution is 0.593. The predicted molar refractivity (Wildman–Crippen MR) is 25.0 cm³/mol. The van der Waals surface area contributed by atoms with Crippen molar-refractivity contribution in [1.82, 2.24) is 0 Å². The SMILES string of the molecule is O=S(=O)=S=CO. The molecule has 0 heterocycles. The summed E-state index contributed by atoms with van der Waals surface area (Å²) in [6, 6.07) is 0. The summed E-state index contributed by atoms with van der Waals surface area (Å²) in [6.07, 6.45) is 0. The number of hydrogen-bond acceptors (Lipinski definition) is 2. The van der Waals surface area contributed by atoms with Crippen molar-refractivity contribution in [3.8, 4) is 0 Å². The molecular formula is CH2O3S2. The Morgan fingerprint density at radius 2 is 2.17 bits per heavy atom. The van der Waals surface area contributed by atoms with Crippen LogP contribution in [0, 0.1) is 0 Å². The van der Waals surface area contributed by atoms with Crippen LogP contribution in [0.15, 0.2) is 0 Å². The Morgan fingerprint density at radius 1 is 1.67 bits per heavy atom. The van der Waals surface area contributed by atoms with E-state index in [2.05, 4.69) is 0 Å². The fourth-order valence-electron chi connectivity index (χ4n) is 0.0351. The number of hydrogen-bond donors (Lipinski definition) is 1. The summed E-state index contributed by atoms with van der Waals surface area (Å²) in [6.45, 7) is 0. The highest BCUT2D eigenvalue weighted by atomic mass is 32.8. The summed E-state index contributed by atoms with van der Waals surface area (Å²) in [7, 11) is -1.87. The van der Waals surface area contributed by atoms with Gasteiger partial charge in [-0.15, -0.1) is 0 Å². The van der Waals surface area contributed by atoms with E-state index in [4.69, 9.17) is 5.11 Å². The topological polar surface area (TPSA) is 54.4 Å². The van der Waals surface area contributed by atoms with Crippen LogP contribution in [-0.4, -0.2) is 19.1 Å². The maximum Gasteiger partial charge on any atom is 0.275 e. The highest BCUT2D eigenvalue weighted by Gasteiger charge is 1.47. The summed E-state index contributed by atoms with van der Waals surface area (Å²) in [5.41, 5.74) is 0.503. The maximum absolute atomic E-state index is 9.37. The van der Waals surface area contributed by atoms with Gasteiger partial charge >= 0.3 is 0 Å². The molecule has 0 saturated heterocycles. The first kappa shape index (κ1) is 5.87. The van der Waals surface area contributed by atoms with Gasteiger partial charge in [0.25, 0.3) is 9.26 Å². The van der Waals surface area contributed by atoms with E-state index in [9.17, 15) is 8.42 Å². The van der Waals surface area contributed by atoms with Crippen LogP contribution < -0.4 is 0 Å². The van der Waals surface area contributed by atoms with E-state index in [1.807, 2.05) is 0 Å². The van der Waals surface area contributed by atoms with Gasteiger partial charge in [-0.2, -0.15) is 8.42 Å². The molecule has 0 bridgehead atoms. The van der Waals surface area contributed by atoms with E-state index in [0.717, 1.165) is 0 Å². The van der Waals surface area contributed by atoms with Crippen LogP contribution in [-0.2, 0) is 19.2 Å². The standard InChI is InChI=1S/CH2O3S2/c2-1-5-6(3)4/h1-2H. The molecule has 3 nitrogen and oxygen atoms in total. The molecule has 0 aliphatic rings. The maximum atomic E-state index is 9.37. The Hall–Kier alpha value is -0.130. The van der Waals surface area contributed by atoms with Crippen molar-refractivity contribution in [2.75, 3.05) is 0 Å². The van der Waals surface area contributed by atoms with Gasteiger partial charge in [0.05, 0.1) is 0 Å². The highest BCUT2D eigenvalue weighted by molar-refractivity contribution is 8.22. The zero-order valence-corrected chi connectivity index (χ0v) is 4.29. The zero-order valence-electron chi connectivity index (χ0n) is 2.66. The van der Waals surface area contributed by atoms with Crippen molar-refractivity contribution in [2.45, 2.75) is 0 Å². The molecule has 0 unspecified atom stereocenters. The molecule has 0 aliphatic heterocycles. The minimum atomic E-state index is -2.20. The number of aliphatic hydroxyl groups excluding tert-OH is 1. The minimum absolute atomic E-state index is 0.333. The molecule has 0 rings (SSSR count). The minimum Gasteiger partial charge on any atom is -0.357 e. The Labute approximate surface area is 39.0 Å². The second-order valence-electron chi connectivity index (χ2n) is 0.406. The van der Waals surface area contributed by atoms with Crippen LogP contribution in [0.1, 0.15) is 0 Å². The van der Waals surface area contributed by atoms with Gasteiger partial charge in [0.2, 0.25) is 0 Å². The third-order valence-electron chi connectivity index (χ3n) is 0.122. The van der Waals surface area contributed by atoms with E-state index in [0.29, 0.717) is 15.5 Å². The lowest BCUT2D eigenvalue weighted by Gasteiger charge is -1.42. The first-order valence-electron chi connectivity index (χ1n) is 0.994. The van der Waals surface area contributed by atoms with Crippen molar-refractivity contribution < 1.29 is 13.5 Å². The molecule has 1 N–H and O–H groups in total. The normalized spacial score (nSPS) is 6.83. The van der Waals surface area contributed by atoms with Gasteiger partial charge in [-0.3, -0.25) is 0 Å². The van der Waals surface area contributed by atoms with E-state index in [1.54, 1.807) is 0 Å². The molecule has 0 aromatic rings. The van der Waals surface area contributed by atoms with Crippen molar-refractivity contribution in [2.24, 2.45) is 0 Å². The highest BCUT2D eigenvalue weighted by Crippen LogP contribution is 1.29. The molecule has 0 aliphatic carbocycles. The van der Waals surface area contributed by atoms with Gasteiger partial charge in [0.15, 0.2) is 0 Å². The average molecular weight is 126 g/mol. The van der Waals surface area contributed by atoms with Crippen LogP contribution in [0.2, 0.25) is 0 Å². The molecule has 0 amide bonds. The van der Waals surface area contributed by atoms with Crippen molar-refractivity contribution in [1.29, 1.82) is 0 Å². The van der Waals surface area contributed by atoms with Crippen molar-refractivity contribution in [3.63, 3.8) is 0 Å². The molecule has 0 fully saturated rings. The molecule has 0 radical (unpaired) electrons. The Kier molecular flexibility index (Phi) is 3.01. The average Bonchev–Trinajstić information content (AvgIpc) is 1.35. The quantitative estimate of drug-likeness (QED) is 0.431. The molecule has 36 valence electrons. The zero-order chi connectivity index (χ0) is 4.99. The Morgan fingerprint density at radius 3 is 2.17 bits per heavy atom. The summed E-state index contributed by atoms with van der Waals surface area (Å²) in [5, 5.41) is 7.68. The molecular weight excluding hydrogens is 124 g/mol. The second-order valence-corrected chi connectivity index (χ2v) is 2.61. The summed E-state index contributed by atoms with van der Waals surface area (Å²) in [5.74, 6) is 0. The summed E-state index contributed by atoms with van der Waals surface area (Å²) < 4.78 is 18.7. The van der Waals surface area contributed by atoms with Gasteiger partial charge in [0.1, 0.15) is 5.55 Å².